The van der Waals surface area contributed by atoms with Gasteiger partial charge in [-0.2, -0.15) is 0 Å². The van der Waals surface area contributed by atoms with E-state index in [0.717, 1.165) is 40.8 Å². The van der Waals surface area contributed by atoms with Gasteiger partial charge in [0.05, 0.1) is 11.5 Å². The van der Waals surface area contributed by atoms with Crippen LogP contribution in [0.1, 0.15) is 18.4 Å². The van der Waals surface area contributed by atoms with Crippen molar-refractivity contribution in [1.29, 1.82) is 0 Å². The monoisotopic (exact) mass is 383 g/mol. The third kappa shape index (κ3) is 4.09. The third-order valence-electron chi connectivity index (χ3n) is 4.59. The lowest BCUT2D eigenvalue weighted by Crippen LogP contribution is -2.35. The maximum absolute atomic E-state index is 12.1. The number of thiophene rings is 1. The average molecular weight is 383 g/mol. The average Bonchev–Trinajstić information content (AvgIpc) is 3.35. The van der Waals surface area contributed by atoms with E-state index in [1.54, 1.807) is 11.3 Å². The van der Waals surface area contributed by atoms with E-state index >= 15 is 0 Å². The predicted octanol–water partition coefficient (Wildman–Crippen LogP) is 3.34. The van der Waals surface area contributed by atoms with Crippen LogP contribution in [0.25, 0.3) is 21.3 Å². The number of amides is 1. The van der Waals surface area contributed by atoms with Crippen molar-refractivity contribution in [2.24, 2.45) is 0 Å². The van der Waals surface area contributed by atoms with Crippen LogP contribution in [-0.4, -0.2) is 41.7 Å². The number of hydrogen-bond acceptors (Lipinski definition) is 6. The topological polar surface area (TPSA) is 73.3 Å². The Balaban J connectivity index is 1.49. The summed E-state index contributed by atoms with van der Waals surface area (Å²) in [4.78, 5) is 21.5. The van der Waals surface area contributed by atoms with Gasteiger partial charge in [0, 0.05) is 24.1 Å². The van der Waals surface area contributed by atoms with Gasteiger partial charge in [0.2, 0.25) is 5.88 Å². The highest BCUT2D eigenvalue weighted by molar-refractivity contribution is 7.17. The van der Waals surface area contributed by atoms with Gasteiger partial charge in [0.15, 0.2) is 6.61 Å². The van der Waals surface area contributed by atoms with E-state index in [4.69, 9.17) is 9.47 Å². The van der Waals surface area contributed by atoms with Gasteiger partial charge in [0.1, 0.15) is 11.2 Å². The number of carbonyl (C=O) groups excluding carboxylic acids is 1. The van der Waals surface area contributed by atoms with Crippen molar-refractivity contribution >= 4 is 27.5 Å². The molecule has 1 atom stereocenters. The Morgan fingerprint density at radius 3 is 2.96 bits per heavy atom. The standard InChI is InChI=1S/C20H21N3O3S/c1-13-4-6-14(7-5-13)16-11-27-20-18(16)19(22-12-23-20)26-10-17(24)21-9-15-3-2-8-25-15/h4-7,11-12,15H,2-3,8-10H2,1H3,(H,21,24)/t15-/m1/s1. The van der Waals surface area contributed by atoms with Gasteiger partial charge >= 0.3 is 0 Å². The Labute approximate surface area is 161 Å². The van der Waals surface area contributed by atoms with E-state index < -0.39 is 0 Å². The van der Waals surface area contributed by atoms with E-state index in [0.29, 0.717) is 12.4 Å². The summed E-state index contributed by atoms with van der Waals surface area (Å²) in [5.41, 5.74) is 3.30. The maximum atomic E-state index is 12.1. The summed E-state index contributed by atoms with van der Waals surface area (Å²) in [5.74, 6) is 0.258. The van der Waals surface area contributed by atoms with E-state index in [1.807, 2.05) is 5.38 Å². The lowest BCUT2D eigenvalue weighted by atomic mass is 10.0. The summed E-state index contributed by atoms with van der Waals surface area (Å²) in [5, 5.41) is 5.76. The molecule has 0 radical (unpaired) electrons. The Hall–Kier alpha value is -2.51. The molecule has 0 unspecified atom stereocenters. The van der Waals surface area contributed by atoms with Gasteiger partial charge in [-0.25, -0.2) is 9.97 Å². The maximum Gasteiger partial charge on any atom is 0.258 e. The molecule has 0 aliphatic carbocycles. The molecule has 1 amide bonds. The van der Waals surface area contributed by atoms with Crippen molar-refractivity contribution in [2.75, 3.05) is 19.8 Å². The minimum atomic E-state index is -0.177. The van der Waals surface area contributed by atoms with Crippen molar-refractivity contribution in [3.05, 3.63) is 41.5 Å². The Kier molecular flexibility index (Phi) is 5.31. The lowest BCUT2D eigenvalue weighted by Gasteiger charge is -2.11. The summed E-state index contributed by atoms with van der Waals surface area (Å²) in [6, 6.07) is 8.28. The molecule has 27 heavy (non-hydrogen) atoms. The molecule has 140 valence electrons. The van der Waals surface area contributed by atoms with Crippen LogP contribution in [0.2, 0.25) is 0 Å². The highest BCUT2D eigenvalue weighted by Crippen LogP contribution is 2.37. The zero-order valence-corrected chi connectivity index (χ0v) is 15.9. The van der Waals surface area contributed by atoms with Crippen LogP contribution in [-0.2, 0) is 9.53 Å². The normalized spacial score (nSPS) is 16.6. The van der Waals surface area contributed by atoms with E-state index in [2.05, 4.69) is 46.5 Å². The van der Waals surface area contributed by atoms with Crippen molar-refractivity contribution in [1.82, 2.24) is 15.3 Å². The van der Waals surface area contributed by atoms with E-state index in [1.165, 1.54) is 11.9 Å². The number of aromatic nitrogens is 2. The van der Waals surface area contributed by atoms with Crippen molar-refractivity contribution in [3.8, 4) is 17.0 Å². The Morgan fingerprint density at radius 2 is 2.19 bits per heavy atom. The van der Waals surface area contributed by atoms with Gasteiger partial charge in [-0.3, -0.25) is 4.79 Å². The third-order valence-corrected chi connectivity index (χ3v) is 5.48. The van der Waals surface area contributed by atoms with Crippen LogP contribution in [0.4, 0.5) is 0 Å². The Morgan fingerprint density at radius 1 is 1.33 bits per heavy atom. The molecule has 7 heteroatoms. The molecule has 1 fully saturated rings. The Bertz CT molecular complexity index is 933. The molecule has 0 saturated carbocycles. The van der Waals surface area contributed by atoms with E-state index in [-0.39, 0.29) is 18.6 Å². The van der Waals surface area contributed by atoms with E-state index in [9.17, 15) is 4.79 Å². The first-order valence-corrected chi connectivity index (χ1v) is 9.89. The summed E-state index contributed by atoms with van der Waals surface area (Å²) >= 11 is 1.54. The highest BCUT2D eigenvalue weighted by atomic mass is 32.1. The fourth-order valence-electron chi connectivity index (χ4n) is 3.12. The summed E-state index contributed by atoms with van der Waals surface area (Å²) < 4.78 is 11.3. The molecule has 6 nitrogen and oxygen atoms in total. The van der Waals surface area contributed by atoms with Crippen LogP contribution in [0.3, 0.4) is 0 Å². The smallest absolute Gasteiger partial charge is 0.258 e. The second-order valence-electron chi connectivity index (χ2n) is 6.60. The van der Waals surface area contributed by atoms with Gasteiger partial charge in [0.25, 0.3) is 5.91 Å². The summed E-state index contributed by atoms with van der Waals surface area (Å²) in [7, 11) is 0. The van der Waals surface area contributed by atoms with Gasteiger partial charge < -0.3 is 14.8 Å². The zero-order chi connectivity index (χ0) is 18.6. The zero-order valence-electron chi connectivity index (χ0n) is 15.1. The van der Waals surface area contributed by atoms with Crippen molar-refractivity contribution in [2.45, 2.75) is 25.9 Å². The van der Waals surface area contributed by atoms with Gasteiger partial charge in [-0.1, -0.05) is 29.8 Å². The number of nitrogens with zero attached hydrogens (tertiary/aromatic N) is 2. The lowest BCUT2D eigenvalue weighted by molar-refractivity contribution is -0.123. The van der Waals surface area contributed by atoms with Crippen molar-refractivity contribution in [3.63, 3.8) is 0 Å². The molecule has 2 aromatic heterocycles. The number of benzene rings is 1. The number of nitrogens with one attached hydrogen (secondary N) is 1. The molecule has 1 aliphatic heterocycles. The molecule has 0 bridgehead atoms. The SMILES string of the molecule is Cc1ccc(-c2csc3ncnc(OCC(=O)NC[C@H]4CCCO4)c23)cc1. The molecule has 1 aliphatic rings. The van der Waals surface area contributed by atoms with Crippen LogP contribution in [0.5, 0.6) is 5.88 Å². The van der Waals surface area contributed by atoms with Crippen LogP contribution < -0.4 is 10.1 Å². The summed E-state index contributed by atoms with van der Waals surface area (Å²) in [6.45, 7) is 3.27. The number of fused-ring (bicyclic) bond motifs is 1. The largest absolute Gasteiger partial charge is 0.467 e. The molecule has 3 aromatic rings. The van der Waals surface area contributed by atoms with Gasteiger partial charge in [-0.05, 0) is 25.3 Å². The first-order valence-electron chi connectivity index (χ1n) is 9.01. The van der Waals surface area contributed by atoms with Gasteiger partial charge in [-0.15, -0.1) is 11.3 Å². The van der Waals surface area contributed by atoms with Crippen LogP contribution in [0, 0.1) is 6.92 Å². The molecule has 4 rings (SSSR count). The fraction of sp³-hybridized carbons (Fsp3) is 0.350. The first kappa shape index (κ1) is 17.9. The molecular formula is C20H21N3O3S. The second-order valence-corrected chi connectivity index (χ2v) is 7.46. The number of aryl methyl sites for hydroxylation is 1. The molecule has 1 N–H and O–H groups in total. The number of rotatable bonds is 6. The molecular weight excluding hydrogens is 362 g/mol. The minimum Gasteiger partial charge on any atom is -0.467 e. The number of hydrogen-bond donors (Lipinski definition) is 1. The minimum absolute atomic E-state index is 0.0813. The number of ether oxygens (including phenoxy) is 2. The molecule has 0 spiro atoms. The first-order chi connectivity index (χ1) is 13.2. The highest BCUT2D eigenvalue weighted by Gasteiger charge is 2.18. The fourth-order valence-corrected chi connectivity index (χ4v) is 4.03. The summed E-state index contributed by atoms with van der Waals surface area (Å²) in [6.07, 6.45) is 3.63. The quantitative estimate of drug-likeness (QED) is 0.707. The van der Waals surface area contributed by atoms with Crippen LogP contribution >= 0.6 is 11.3 Å². The van der Waals surface area contributed by atoms with Crippen molar-refractivity contribution < 1.29 is 14.3 Å². The second kappa shape index (κ2) is 8.02. The predicted molar refractivity (Wildman–Crippen MR) is 105 cm³/mol. The van der Waals surface area contributed by atoms with Crippen LogP contribution in [0.15, 0.2) is 36.0 Å². The molecule has 1 aromatic carbocycles. The number of carbonyl (C=O) groups is 1. The molecule has 1 saturated heterocycles. The molecule has 3 heterocycles.